The Labute approximate surface area is 189 Å². The molecule has 0 amide bonds. The molecule has 4 heteroatoms. The summed E-state index contributed by atoms with van der Waals surface area (Å²) < 4.78 is 0. The van der Waals surface area contributed by atoms with Crippen molar-refractivity contribution in [2.24, 2.45) is 5.92 Å². The molecule has 4 nitrogen and oxygen atoms in total. The number of carbonyl (C=O) groups is 2. The van der Waals surface area contributed by atoms with Crippen molar-refractivity contribution in [3.8, 4) is 0 Å². The summed E-state index contributed by atoms with van der Waals surface area (Å²) in [7, 11) is 0. The van der Waals surface area contributed by atoms with E-state index in [9.17, 15) is 19.8 Å². The van der Waals surface area contributed by atoms with Crippen LogP contribution in [-0.4, -0.2) is 22.2 Å². The summed E-state index contributed by atoms with van der Waals surface area (Å²) in [5.41, 5.74) is 1.54. The molecule has 0 aliphatic heterocycles. The van der Waals surface area contributed by atoms with Crippen LogP contribution in [0.15, 0.2) is 12.1 Å². The van der Waals surface area contributed by atoms with E-state index in [4.69, 9.17) is 0 Å². The number of benzene rings is 1. The molecule has 176 valence electrons. The SMILES string of the molecule is CC(C)CCCCCCCCCCCCCc1c(C(C)C)ccc(C(=O)O)c1C(=O)O. The first kappa shape index (κ1) is 27.2. The zero-order chi connectivity index (χ0) is 23.2. The van der Waals surface area contributed by atoms with Crippen LogP contribution in [0.1, 0.15) is 143 Å². The molecule has 0 bridgehead atoms. The van der Waals surface area contributed by atoms with Crippen molar-refractivity contribution >= 4 is 11.9 Å². The zero-order valence-electron chi connectivity index (χ0n) is 20.2. The van der Waals surface area contributed by atoms with Crippen molar-refractivity contribution in [2.45, 2.75) is 117 Å². The van der Waals surface area contributed by atoms with Crippen molar-refractivity contribution < 1.29 is 19.8 Å². The largest absolute Gasteiger partial charge is 0.478 e. The van der Waals surface area contributed by atoms with Gasteiger partial charge in [0.25, 0.3) is 0 Å². The van der Waals surface area contributed by atoms with Gasteiger partial charge < -0.3 is 10.2 Å². The first-order valence-electron chi connectivity index (χ1n) is 12.4. The Morgan fingerprint density at radius 3 is 1.61 bits per heavy atom. The standard InChI is InChI=1S/C27H44O4/c1-20(2)16-14-12-10-8-6-5-7-9-11-13-15-17-23-22(21(3)4)18-19-24(26(28)29)25(23)27(30)31/h18-21H,5-17H2,1-4H3,(H,28,29)(H,30,31). The molecule has 0 aliphatic rings. The van der Waals surface area contributed by atoms with Gasteiger partial charge in [0, 0.05) is 0 Å². The summed E-state index contributed by atoms with van der Waals surface area (Å²) in [5.74, 6) is -1.32. The fourth-order valence-corrected chi connectivity index (χ4v) is 4.34. The lowest BCUT2D eigenvalue weighted by Crippen LogP contribution is -2.14. The van der Waals surface area contributed by atoms with Gasteiger partial charge in [0.2, 0.25) is 0 Å². The molecule has 1 aromatic carbocycles. The second-order valence-electron chi connectivity index (χ2n) is 9.64. The molecule has 0 heterocycles. The van der Waals surface area contributed by atoms with Crippen molar-refractivity contribution in [1.29, 1.82) is 0 Å². The molecule has 0 fully saturated rings. The van der Waals surface area contributed by atoms with Crippen LogP contribution in [-0.2, 0) is 6.42 Å². The number of carboxylic acids is 2. The minimum absolute atomic E-state index is 0.0212. The van der Waals surface area contributed by atoms with Crippen LogP contribution in [0.3, 0.4) is 0 Å². The molecular weight excluding hydrogens is 388 g/mol. The Balaban J connectivity index is 2.35. The molecule has 0 aliphatic carbocycles. The number of unbranched alkanes of at least 4 members (excludes halogenated alkanes) is 10. The fourth-order valence-electron chi connectivity index (χ4n) is 4.34. The van der Waals surface area contributed by atoms with Crippen molar-refractivity contribution in [3.05, 3.63) is 34.4 Å². The lowest BCUT2D eigenvalue weighted by molar-refractivity contribution is 0.0650. The van der Waals surface area contributed by atoms with E-state index >= 15 is 0 Å². The third-order valence-electron chi connectivity index (χ3n) is 6.12. The maximum Gasteiger partial charge on any atom is 0.336 e. The molecule has 31 heavy (non-hydrogen) atoms. The molecule has 1 aromatic rings. The number of aromatic carboxylic acids is 2. The quantitative estimate of drug-likeness (QED) is 0.244. The molecular formula is C27H44O4. The van der Waals surface area contributed by atoms with Gasteiger partial charge in [-0.1, -0.05) is 104 Å². The predicted molar refractivity (Wildman–Crippen MR) is 128 cm³/mol. The van der Waals surface area contributed by atoms with E-state index in [1.54, 1.807) is 6.07 Å². The van der Waals surface area contributed by atoms with Crippen LogP contribution in [0.5, 0.6) is 0 Å². The molecule has 0 spiro atoms. The first-order valence-corrected chi connectivity index (χ1v) is 12.4. The summed E-state index contributed by atoms with van der Waals surface area (Å²) in [6.45, 7) is 8.63. The van der Waals surface area contributed by atoms with Gasteiger partial charge in [-0.15, -0.1) is 0 Å². The van der Waals surface area contributed by atoms with Gasteiger partial charge in [-0.05, 0) is 41.9 Å². The van der Waals surface area contributed by atoms with E-state index in [1.165, 1.54) is 63.9 Å². The van der Waals surface area contributed by atoms with Crippen molar-refractivity contribution in [3.63, 3.8) is 0 Å². The van der Waals surface area contributed by atoms with E-state index < -0.39 is 11.9 Å². The van der Waals surface area contributed by atoms with Gasteiger partial charge in [-0.3, -0.25) is 0 Å². The summed E-state index contributed by atoms with van der Waals surface area (Å²) in [4.78, 5) is 23.3. The summed E-state index contributed by atoms with van der Waals surface area (Å²) in [6.07, 6.45) is 15.7. The third-order valence-corrected chi connectivity index (χ3v) is 6.12. The lowest BCUT2D eigenvalue weighted by atomic mass is 9.87. The average molecular weight is 433 g/mol. The highest BCUT2D eigenvalue weighted by atomic mass is 16.4. The second-order valence-corrected chi connectivity index (χ2v) is 9.64. The van der Waals surface area contributed by atoms with Gasteiger partial charge in [-0.25, -0.2) is 9.59 Å². The maximum atomic E-state index is 11.8. The van der Waals surface area contributed by atoms with Gasteiger partial charge in [0.1, 0.15) is 0 Å². The molecule has 2 N–H and O–H groups in total. The van der Waals surface area contributed by atoms with E-state index in [-0.39, 0.29) is 17.0 Å². The highest BCUT2D eigenvalue weighted by Gasteiger charge is 2.23. The smallest absolute Gasteiger partial charge is 0.336 e. The van der Waals surface area contributed by atoms with Crippen molar-refractivity contribution in [1.82, 2.24) is 0 Å². The zero-order valence-corrected chi connectivity index (χ0v) is 20.2. The number of rotatable bonds is 17. The van der Waals surface area contributed by atoms with Crippen molar-refractivity contribution in [2.75, 3.05) is 0 Å². The number of carboxylic acid groups (broad SMARTS) is 2. The fraction of sp³-hybridized carbons (Fsp3) is 0.704. The van der Waals surface area contributed by atoms with E-state index in [1.807, 2.05) is 13.8 Å². The van der Waals surface area contributed by atoms with Crippen LogP contribution >= 0.6 is 0 Å². The van der Waals surface area contributed by atoms with Crippen LogP contribution in [0.2, 0.25) is 0 Å². The number of hydrogen-bond donors (Lipinski definition) is 2. The Morgan fingerprint density at radius 1 is 0.710 bits per heavy atom. The topological polar surface area (TPSA) is 74.6 Å². The summed E-state index contributed by atoms with van der Waals surface area (Å²) in [5, 5.41) is 19.1. The monoisotopic (exact) mass is 432 g/mol. The molecule has 0 unspecified atom stereocenters. The van der Waals surface area contributed by atoms with Gasteiger partial charge in [0.05, 0.1) is 11.1 Å². The average Bonchev–Trinajstić information content (AvgIpc) is 2.70. The van der Waals surface area contributed by atoms with Crippen LogP contribution in [0, 0.1) is 5.92 Å². The Hall–Kier alpha value is -1.84. The molecule has 0 atom stereocenters. The maximum absolute atomic E-state index is 11.8. The predicted octanol–water partition coefficient (Wildman–Crippen LogP) is 8.09. The van der Waals surface area contributed by atoms with E-state index in [0.717, 1.165) is 30.7 Å². The Kier molecular flexibility index (Phi) is 13.2. The lowest BCUT2D eigenvalue weighted by Gasteiger charge is -2.17. The molecule has 0 aromatic heterocycles. The highest BCUT2D eigenvalue weighted by molar-refractivity contribution is 6.03. The Morgan fingerprint density at radius 2 is 1.19 bits per heavy atom. The van der Waals surface area contributed by atoms with Gasteiger partial charge in [0.15, 0.2) is 0 Å². The minimum atomic E-state index is -1.17. The molecule has 0 radical (unpaired) electrons. The second kappa shape index (κ2) is 15.0. The number of hydrogen-bond acceptors (Lipinski definition) is 2. The minimum Gasteiger partial charge on any atom is -0.478 e. The van der Waals surface area contributed by atoms with Gasteiger partial charge >= 0.3 is 11.9 Å². The molecule has 0 saturated heterocycles. The molecule has 1 rings (SSSR count). The van der Waals surface area contributed by atoms with Crippen LogP contribution in [0.4, 0.5) is 0 Å². The van der Waals surface area contributed by atoms with E-state index in [2.05, 4.69) is 13.8 Å². The van der Waals surface area contributed by atoms with E-state index in [0.29, 0.717) is 12.0 Å². The summed E-state index contributed by atoms with van der Waals surface area (Å²) in [6, 6.07) is 3.23. The first-order chi connectivity index (χ1) is 14.8. The van der Waals surface area contributed by atoms with Crippen LogP contribution in [0.25, 0.3) is 0 Å². The molecule has 0 saturated carbocycles. The normalized spacial score (nSPS) is 11.4. The van der Waals surface area contributed by atoms with Crippen LogP contribution < -0.4 is 0 Å². The summed E-state index contributed by atoms with van der Waals surface area (Å²) >= 11 is 0. The Bertz CT molecular complexity index is 676. The van der Waals surface area contributed by atoms with Gasteiger partial charge in [-0.2, -0.15) is 0 Å². The highest BCUT2D eigenvalue weighted by Crippen LogP contribution is 2.28. The third kappa shape index (κ3) is 10.3.